The van der Waals surface area contributed by atoms with E-state index in [4.69, 9.17) is 11.6 Å². The van der Waals surface area contributed by atoms with Gasteiger partial charge in [-0.3, -0.25) is 0 Å². The van der Waals surface area contributed by atoms with Crippen LogP contribution in [-0.4, -0.2) is 12.6 Å². The minimum absolute atomic E-state index is 0.152. The molecule has 1 aliphatic rings. The molecular weight excluding hydrogens is 248 g/mol. The summed E-state index contributed by atoms with van der Waals surface area (Å²) in [5.74, 6) is 0.680. The molecule has 3 nitrogen and oxygen atoms in total. The Kier molecular flexibility index (Phi) is 4.65. The van der Waals surface area contributed by atoms with Crippen LogP contribution in [0.2, 0.25) is 5.02 Å². The van der Waals surface area contributed by atoms with Gasteiger partial charge in [0, 0.05) is 17.8 Å². The quantitative estimate of drug-likeness (QED) is 0.843. The standard InChI is InChI=1S/C14H17ClN2O/c15-13-5-3-12(4-6-13)8-10-17-14(18)16-9-7-11-1-2-11/h3-7,9,11H,1-2,8,10H2,(H2,16,17,18)/b9-7+. The minimum Gasteiger partial charge on any atom is -0.338 e. The Morgan fingerprint density at radius 3 is 2.72 bits per heavy atom. The number of rotatable bonds is 5. The van der Waals surface area contributed by atoms with E-state index in [-0.39, 0.29) is 6.03 Å². The number of urea groups is 1. The maximum absolute atomic E-state index is 11.4. The molecule has 0 radical (unpaired) electrons. The first kappa shape index (κ1) is 13.0. The second-order valence-corrected chi connectivity index (χ2v) is 4.91. The van der Waals surface area contributed by atoms with Crippen LogP contribution < -0.4 is 10.6 Å². The Hall–Kier alpha value is -1.48. The summed E-state index contributed by atoms with van der Waals surface area (Å²) in [7, 11) is 0. The molecule has 96 valence electrons. The maximum Gasteiger partial charge on any atom is 0.318 e. The molecule has 0 unspecified atom stereocenters. The number of carbonyl (C=O) groups excluding carboxylic acids is 1. The fourth-order valence-corrected chi connectivity index (χ4v) is 1.70. The van der Waals surface area contributed by atoms with Gasteiger partial charge >= 0.3 is 6.03 Å². The topological polar surface area (TPSA) is 41.1 Å². The molecule has 2 amide bonds. The highest BCUT2D eigenvalue weighted by Gasteiger charge is 2.16. The molecule has 4 heteroatoms. The number of amides is 2. The number of benzene rings is 1. The molecule has 1 fully saturated rings. The van der Waals surface area contributed by atoms with Crippen molar-refractivity contribution in [3.8, 4) is 0 Å². The SMILES string of the molecule is O=C(N/C=C/C1CC1)NCCc1ccc(Cl)cc1. The van der Waals surface area contributed by atoms with E-state index in [9.17, 15) is 4.79 Å². The molecule has 0 saturated heterocycles. The molecule has 1 aromatic rings. The van der Waals surface area contributed by atoms with E-state index >= 15 is 0 Å². The second-order valence-electron chi connectivity index (χ2n) is 4.47. The average molecular weight is 265 g/mol. The van der Waals surface area contributed by atoms with Gasteiger partial charge in [0.15, 0.2) is 0 Å². The van der Waals surface area contributed by atoms with Crippen molar-refractivity contribution in [1.29, 1.82) is 0 Å². The summed E-state index contributed by atoms with van der Waals surface area (Å²) in [4.78, 5) is 11.4. The van der Waals surface area contributed by atoms with E-state index in [2.05, 4.69) is 10.6 Å². The van der Waals surface area contributed by atoms with Crippen molar-refractivity contribution in [3.63, 3.8) is 0 Å². The number of halogens is 1. The highest BCUT2D eigenvalue weighted by atomic mass is 35.5. The molecular formula is C14H17ClN2O. The van der Waals surface area contributed by atoms with Gasteiger partial charge in [-0.15, -0.1) is 0 Å². The van der Waals surface area contributed by atoms with Crippen molar-refractivity contribution in [2.75, 3.05) is 6.54 Å². The van der Waals surface area contributed by atoms with E-state index < -0.39 is 0 Å². The molecule has 0 heterocycles. The number of hydrogen-bond acceptors (Lipinski definition) is 1. The predicted molar refractivity (Wildman–Crippen MR) is 73.6 cm³/mol. The summed E-state index contributed by atoms with van der Waals surface area (Å²) < 4.78 is 0. The maximum atomic E-state index is 11.4. The van der Waals surface area contributed by atoms with E-state index in [0.717, 1.165) is 17.0 Å². The van der Waals surface area contributed by atoms with E-state index in [0.29, 0.717) is 12.5 Å². The van der Waals surface area contributed by atoms with Crippen LogP contribution in [0.4, 0.5) is 4.79 Å². The molecule has 2 rings (SSSR count). The Labute approximate surface area is 112 Å². The number of allylic oxidation sites excluding steroid dienone is 1. The summed E-state index contributed by atoms with van der Waals surface area (Å²) in [6, 6.07) is 7.50. The summed E-state index contributed by atoms with van der Waals surface area (Å²) in [6.07, 6.45) is 7.07. The zero-order valence-electron chi connectivity index (χ0n) is 10.2. The lowest BCUT2D eigenvalue weighted by molar-refractivity contribution is 0.244. The van der Waals surface area contributed by atoms with Crippen LogP contribution in [0.15, 0.2) is 36.5 Å². The van der Waals surface area contributed by atoms with E-state index in [1.54, 1.807) is 6.20 Å². The van der Waals surface area contributed by atoms with Gasteiger partial charge in [0.25, 0.3) is 0 Å². The molecule has 18 heavy (non-hydrogen) atoms. The molecule has 0 aliphatic heterocycles. The zero-order chi connectivity index (χ0) is 12.8. The van der Waals surface area contributed by atoms with Crippen molar-refractivity contribution in [3.05, 3.63) is 47.1 Å². The second kappa shape index (κ2) is 6.45. The summed E-state index contributed by atoms with van der Waals surface area (Å²) in [6.45, 7) is 0.616. The molecule has 1 aliphatic carbocycles. The van der Waals surface area contributed by atoms with Crippen LogP contribution in [-0.2, 0) is 6.42 Å². The molecule has 0 atom stereocenters. The van der Waals surface area contributed by atoms with Crippen LogP contribution in [0.1, 0.15) is 18.4 Å². The first-order valence-electron chi connectivity index (χ1n) is 6.19. The van der Waals surface area contributed by atoms with Crippen molar-refractivity contribution >= 4 is 17.6 Å². The normalized spacial score (nSPS) is 14.7. The van der Waals surface area contributed by atoms with Crippen molar-refractivity contribution < 1.29 is 4.79 Å². The van der Waals surface area contributed by atoms with Crippen LogP contribution in [0.5, 0.6) is 0 Å². The summed E-state index contributed by atoms with van der Waals surface area (Å²) in [5, 5.41) is 6.23. The third-order valence-corrected chi connectivity index (χ3v) is 3.07. The monoisotopic (exact) mass is 264 g/mol. The van der Waals surface area contributed by atoms with Crippen LogP contribution in [0, 0.1) is 5.92 Å². The fraction of sp³-hybridized carbons (Fsp3) is 0.357. The van der Waals surface area contributed by atoms with Crippen LogP contribution in [0.25, 0.3) is 0 Å². The summed E-state index contributed by atoms with van der Waals surface area (Å²) in [5.41, 5.74) is 1.16. The fourth-order valence-electron chi connectivity index (χ4n) is 1.57. The molecule has 0 bridgehead atoms. The van der Waals surface area contributed by atoms with Crippen LogP contribution >= 0.6 is 11.6 Å². The number of nitrogens with one attached hydrogen (secondary N) is 2. The zero-order valence-corrected chi connectivity index (χ0v) is 10.9. The lowest BCUT2D eigenvalue weighted by Crippen LogP contribution is -2.33. The summed E-state index contributed by atoms with van der Waals surface area (Å²) >= 11 is 5.80. The van der Waals surface area contributed by atoms with Gasteiger partial charge in [-0.05, 0) is 42.9 Å². The van der Waals surface area contributed by atoms with Gasteiger partial charge in [-0.25, -0.2) is 4.79 Å². The highest BCUT2D eigenvalue weighted by Crippen LogP contribution is 2.29. The predicted octanol–water partition coefficient (Wildman–Crippen LogP) is 3.11. The van der Waals surface area contributed by atoms with Gasteiger partial charge in [0.05, 0.1) is 0 Å². The molecule has 1 aromatic carbocycles. The highest BCUT2D eigenvalue weighted by molar-refractivity contribution is 6.30. The molecule has 0 spiro atoms. The van der Waals surface area contributed by atoms with E-state index in [1.807, 2.05) is 30.3 Å². The van der Waals surface area contributed by atoms with E-state index in [1.165, 1.54) is 12.8 Å². The molecule has 0 aromatic heterocycles. The third-order valence-electron chi connectivity index (χ3n) is 2.82. The lowest BCUT2D eigenvalue weighted by Gasteiger charge is -2.04. The molecule has 1 saturated carbocycles. The van der Waals surface area contributed by atoms with Crippen molar-refractivity contribution in [2.24, 2.45) is 5.92 Å². The average Bonchev–Trinajstić information content (AvgIpc) is 3.16. The largest absolute Gasteiger partial charge is 0.338 e. The lowest BCUT2D eigenvalue weighted by atomic mass is 10.1. The Balaban J connectivity index is 1.61. The number of hydrogen-bond donors (Lipinski definition) is 2. The third kappa shape index (κ3) is 4.80. The van der Waals surface area contributed by atoms with Gasteiger partial charge < -0.3 is 10.6 Å². The van der Waals surface area contributed by atoms with Gasteiger partial charge in [0.1, 0.15) is 0 Å². The number of carbonyl (C=O) groups is 1. The Morgan fingerprint density at radius 2 is 2.06 bits per heavy atom. The van der Waals surface area contributed by atoms with Gasteiger partial charge in [0.2, 0.25) is 0 Å². The minimum atomic E-state index is -0.152. The van der Waals surface area contributed by atoms with Gasteiger partial charge in [-0.2, -0.15) is 0 Å². The first-order chi connectivity index (χ1) is 8.74. The smallest absolute Gasteiger partial charge is 0.318 e. The Morgan fingerprint density at radius 1 is 1.33 bits per heavy atom. The van der Waals surface area contributed by atoms with Crippen LogP contribution in [0.3, 0.4) is 0 Å². The van der Waals surface area contributed by atoms with Crippen molar-refractivity contribution in [1.82, 2.24) is 10.6 Å². The molecule has 2 N–H and O–H groups in total. The Bertz CT molecular complexity index is 424. The first-order valence-corrected chi connectivity index (χ1v) is 6.57. The van der Waals surface area contributed by atoms with Gasteiger partial charge in [-0.1, -0.05) is 29.8 Å². The van der Waals surface area contributed by atoms with Crippen molar-refractivity contribution in [2.45, 2.75) is 19.3 Å².